The molecule has 0 atom stereocenters. The van der Waals surface area contributed by atoms with Crippen LogP contribution in [-0.2, 0) is 11.5 Å². The van der Waals surface area contributed by atoms with Gasteiger partial charge in [-0.3, -0.25) is 4.79 Å². The summed E-state index contributed by atoms with van der Waals surface area (Å²) < 4.78 is 38.2. The lowest BCUT2D eigenvalue weighted by molar-refractivity contribution is 0.0756. The predicted molar refractivity (Wildman–Crippen MR) is 87.3 cm³/mol. The fourth-order valence-corrected chi connectivity index (χ4v) is 1.97. The van der Waals surface area contributed by atoms with Crippen molar-refractivity contribution < 1.29 is 23.0 Å². The average Bonchev–Trinajstić information content (AvgIpc) is 3.02. The molecule has 0 spiro atoms. The number of carbonyl (C=O) groups excluding carboxylic acids is 1. The first-order valence-corrected chi connectivity index (χ1v) is 7.97. The number of rotatable bonds is 9. The maximum Gasteiger partial charge on any atom is 0.271 e. The van der Waals surface area contributed by atoms with Crippen molar-refractivity contribution in [1.82, 2.24) is 15.1 Å². The molecule has 0 aliphatic heterocycles. The molecule has 0 aliphatic rings. The monoisotopic (exact) mass is 353 g/mol. The Balaban J connectivity index is 1.78. The number of aromatic nitrogens is 2. The highest BCUT2D eigenvalue weighted by atomic mass is 19.1. The molecule has 6 nitrogen and oxygen atoms in total. The van der Waals surface area contributed by atoms with Gasteiger partial charge in [-0.2, -0.15) is 5.10 Å². The van der Waals surface area contributed by atoms with Gasteiger partial charge in [-0.05, 0) is 38.5 Å². The van der Waals surface area contributed by atoms with Gasteiger partial charge in [-0.25, -0.2) is 13.5 Å². The van der Waals surface area contributed by atoms with Crippen LogP contribution in [0, 0.1) is 11.6 Å². The van der Waals surface area contributed by atoms with Gasteiger partial charge in [0.15, 0.2) is 18.3 Å². The van der Waals surface area contributed by atoms with Crippen molar-refractivity contribution in [2.45, 2.75) is 33.1 Å². The van der Waals surface area contributed by atoms with Gasteiger partial charge in [0.25, 0.3) is 5.91 Å². The van der Waals surface area contributed by atoms with Crippen LogP contribution in [0.5, 0.6) is 5.75 Å². The lowest BCUT2D eigenvalue weighted by Crippen LogP contribution is -2.26. The van der Waals surface area contributed by atoms with E-state index in [2.05, 4.69) is 10.4 Å². The molecule has 25 heavy (non-hydrogen) atoms. The molecule has 0 fully saturated rings. The van der Waals surface area contributed by atoms with Gasteiger partial charge in [0.2, 0.25) is 0 Å². The Kier molecular flexibility index (Phi) is 6.88. The highest BCUT2D eigenvalue weighted by molar-refractivity contribution is 5.92. The number of nitrogens with zero attached hydrogens (tertiary/aromatic N) is 2. The average molecular weight is 353 g/mol. The fourth-order valence-electron chi connectivity index (χ4n) is 1.97. The summed E-state index contributed by atoms with van der Waals surface area (Å²) in [5.41, 5.74) is 0.230. The molecule has 0 bridgehead atoms. The second-order valence-electron chi connectivity index (χ2n) is 5.62. The van der Waals surface area contributed by atoms with E-state index in [1.54, 1.807) is 0 Å². The number of carbonyl (C=O) groups is 1. The SMILES string of the molecule is CC(C)OCCCNC(=O)c1ccn(COc2ccc(F)cc2F)n1. The molecule has 8 heteroatoms. The number of amides is 1. The second kappa shape index (κ2) is 9.12. The Labute approximate surface area is 144 Å². The van der Waals surface area contributed by atoms with Crippen LogP contribution in [0.2, 0.25) is 0 Å². The zero-order chi connectivity index (χ0) is 18.2. The summed E-state index contributed by atoms with van der Waals surface area (Å²) >= 11 is 0. The van der Waals surface area contributed by atoms with Crippen molar-refractivity contribution in [3.63, 3.8) is 0 Å². The molecular weight excluding hydrogens is 332 g/mol. The quantitative estimate of drug-likeness (QED) is 0.704. The third kappa shape index (κ3) is 6.15. The number of benzene rings is 1. The molecule has 2 rings (SSSR count). The standard InChI is InChI=1S/C17H21F2N3O3/c1-12(2)24-9-3-7-20-17(23)15-6-8-22(21-15)11-25-16-5-4-13(18)10-14(16)19/h4-6,8,10,12H,3,7,9,11H2,1-2H3,(H,20,23). The Morgan fingerprint density at radius 3 is 2.84 bits per heavy atom. The molecule has 2 aromatic rings. The Morgan fingerprint density at radius 1 is 1.32 bits per heavy atom. The molecule has 0 aliphatic carbocycles. The van der Waals surface area contributed by atoms with Crippen LogP contribution in [0.25, 0.3) is 0 Å². The molecule has 0 saturated carbocycles. The summed E-state index contributed by atoms with van der Waals surface area (Å²) in [6, 6.07) is 4.56. The molecule has 1 N–H and O–H groups in total. The van der Waals surface area contributed by atoms with Crippen molar-refractivity contribution in [1.29, 1.82) is 0 Å². The van der Waals surface area contributed by atoms with Crippen LogP contribution in [-0.4, -0.2) is 34.9 Å². The fraction of sp³-hybridized carbons (Fsp3) is 0.412. The van der Waals surface area contributed by atoms with E-state index in [0.717, 1.165) is 12.1 Å². The summed E-state index contributed by atoms with van der Waals surface area (Å²) in [5, 5.41) is 6.79. The third-order valence-corrected chi connectivity index (χ3v) is 3.18. The lowest BCUT2D eigenvalue weighted by Gasteiger charge is -2.08. The van der Waals surface area contributed by atoms with Gasteiger partial charge in [0, 0.05) is 25.4 Å². The van der Waals surface area contributed by atoms with E-state index in [0.29, 0.717) is 19.6 Å². The number of ether oxygens (including phenoxy) is 2. The molecule has 0 saturated heterocycles. The van der Waals surface area contributed by atoms with Crippen molar-refractivity contribution in [3.8, 4) is 5.75 Å². The van der Waals surface area contributed by atoms with Gasteiger partial charge in [0.05, 0.1) is 6.10 Å². The molecule has 1 aromatic heterocycles. The smallest absolute Gasteiger partial charge is 0.271 e. The van der Waals surface area contributed by atoms with E-state index in [-0.39, 0.29) is 30.2 Å². The summed E-state index contributed by atoms with van der Waals surface area (Å²) in [7, 11) is 0. The molecule has 1 aromatic carbocycles. The minimum atomic E-state index is -0.797. The van der Waals surface area contributed by atoms with Gasteiger partial charge in [-0.15, -0.1) is 0 Å². The van der Waals surface area contributed by atoms with E-state index in [1.165, 1.54) is 23.0 Å². The van der Waals surface area contributed by atoms with Crippen LogP contribution in [0.4, 0.5) is 8.78 Å². The van der Waals surface area contributed by atoms with Crippen LogP contribution >= 0.6 is 0 Å². The van der Waals surface area contributed by atoms with Crippen molar-refractivity contribution >= 4 is 5.91 Å². The lowest BCUT2D eigenvalue weighted by atomic mass is 10.3. The molecular formula is C17H21F2N3O3. The van der Waals surface area contributed by atoms with Crippen LogP contribution in [0.15, 0.2) is 30.5 Å². The topological polar surface area (TPSA) is 65.4 Å². The van der Waals surface area contributed by atoms with E-state index in [1.807, 2.05) is 13.8 Å². The zero-order valence-electron chi connectivity index (χ0n) is 14.2. The summed E-state index contributed by atoms with van der Waals surface area (Å²) in [5.74, 6) is -1.88. The predicted octanol–water partition coefficient (Wildman–Crippen LogP) is 2.74. The Morgan fingerprint density at radius 2 is 2.12 bits per heavy atom. The first-order valence-electron chi connectivity index (χ1n) is 7.97. The number of nitrogens with one attached hydrogen (secondary N) is 1. The largest absolute Gasteiger partial charge is 0.468 e. The summed E-state index contributed by atoms with van der Waals surface area (Å²) in [6.07, 6.45) is 2.41. The molecule has 0 unspecified atom stereocenters. The van der Waals surface area contributed by atoms with Crippen molar-refractivity contribution in [2.75, 3.05) is 13.2 Å². The third-order valence-electron chi connectivity index (χ3n) is 3.18. The maximum absolute atomic E-state index is 13.5. The Hall–Kier alpha value is -2.48. The van der Waals surface area contributed by atoms with E-state index in [9.17, 15) is 13.6 Å². The van der Waals surface area contributed by atoms with Crippen molar-refractivity contribution in [2.24, 2.45) is 0 Å². The van der Waals surface area contributed by atoms with E-state index >= 15 is 0 Å². The number of hydrogen-bond donors (Lipinski definition) is 1. The van der Waals surface area contributed by atoms with Crippen LogP contribution in [0.3, 0.4) is 0 Å². The molecule has 136 valence electrons. The molecule has 1 amide bonds. The van der Waals surface area contributed by atoms with Crippen molar-refractivity contribution in [3.05, 3.63) is 47.8 Å². The second-order valence-corrected chi connectivity index (χ2v) is 5.62. The van der Waals surface area contributed by atoms with Gasteiger partial charge < -0.3 is 14.8 Å². The van der Waals surface area contributed by atoms with Gasteiger partial charge in [-0.1, -0.05) is 0 Å². The van der Waals surface area contributed by atoms with Gasteiger partial charge in [0.1, 0.15) is 11.5 Å². The summed E-state index contributed by atoms with van der Waals surface area (Å²) in [4.78, 5) is 12.0. The first-order chi connectivity index (χ1) is 12.0. The first kappa shape index (κ1) is 18.9. The van der Waals surface area contributed by atoms with Crippen LogP contribution < -0.4 is 10.1 Å². The van der Waals surface area contributed by atoms with E-state index < -0.39 is 11.6 Å². The zero-order valence-corrected chi connectivity index (χ0v) is 14.2. The Bertz CT molecular complexity index is 704. The van der Waals surface area contributed by atoms with Gasteiger partial charge >= 0.3 is 0 Å². The highest BCUT2D eigenvalue weighted by Crippen LogP contribution is 2.17. The minimum Gasteiger partial charge on any atom is -0.468 e. The maximum atomic E-state index is 13.5. The minimum absolute atomic E-state index is 0.0898. The number of halogens is 2. The molecule has 1 heterocycles. The number of hydrogen-bond acceptors (Lipinski definition) is 4. The van der Waals surface area contributed by atoms with E-state index in [4.69, 9.17) is 9.47 Å². The summed E-state index contributed by atoms with van der Waals surface area (Å²) in [6.45, 7) is 4.85. The molecule has 0 radical (unpaired) electrons. The normalized spacial score (nSPS) is 10.9. The highest BCUT2D eigenvalue weighted by Gasteiger charge is 2.10. The van der Waals surface area contributed by atoms with Crippen LogP contribution in [0.1, 0.15) is 30.8 Å².